The predicted octanol–water partition coefficient (Wildman–Crippen LogP) is 1.21. The molecule has 0 saturated heterocycles. The van der Waals surface area contributed by atoms with Crippen LogP contribution in [0.5, 0.6) is 0 Å². The van der Waals surface area contributed by atoms with Crippen molar-refractivity contribution in [3.63, 3.8) is 0 Å². The summed E-state index contributed by atoms with van der Waals surface area (Å²) in [5.74, 6) is 0.638. The van der Waals surface area contributed by atoms with Crippen molar-refractivity contribution in [2.75, 3.05) is 6.54 Å². The summed E-state index contributed by atoms with van der Waals surface area (Å²) in [6.07, 6.45) is 5.22. The van der Waals surface area contributed by atoms with E-state index in [0.29, 0.717) is 12.5 Å². The van der Waals surface area contributed by atoms with Crippen LogP contribution in [0, 0.1) is 6.92 Å². The van der Waals surface area contributed by atoms with Gasteiger partial charge in [-0.05, 0) is 13.0 Å². The van der Waals surface area contributed by atoms with Gasteiger partial charge in [0.15, 0.2) is 0 Å². The molecule has 0 unspecified atom stereocenters. The molecule has 0 aromatic carbocycles. The Morgan fingerprint density at radius 3 is 2.71 bits per heavy atom. The first kappa shape index (κ1) is 11.7. The van der Waals surface area contributed by atoms with Gasteiger partial charge in [-0.15, -0.1) is 0 Å². The number of hydrogen-bond acceptors (Lipinski definition) is 4. The quantitative estimate of drug-likeness (QED) is 0.862. The van der Waals surface area contributed by atoms with Crippen molar-refractivity contribution < 1.29 is 0 Å². The van der Waals surface area contributed by atoms with Crippen LogP contribution >= 0.6 is 0 Å². The highest BCUT2D eigenvalue weighted by Gasteiger charge is 2.21. The van der Waals surface area contributed by atoms with Gasteiger partial charge in [-0.2, -0.15) is 0 Å². The Morgan fingerprint density at radius 1 is 1.35 bits per heavy atom. The minimum atomic E-state index is -0.150. The first-order valence-electron chi connectivity index (χ1n) is 5.57. The first-order chi connectivity index (χ1) is 8.03. The molecule has 5 heteroatoms. The number of imidazole rings is 1. The van der Waals surface area contributed by atoms with Gasteiger partial charge in [0.1, 0.15) is 6.33 Å². The summed E-state index contributed by atoms with van der Waals surface area (Å²) in [6.45, 7) is 6.66. The highest BCUT2D eigenvalue weighted by molar-refractivity contribution is 5.24. The van der Waals surface area contributed by atoms with E-state index in [1.807, 2.05) is 19.2 Å². The summed E-state index contributed by atoms with van der Waals surface area (Å²) in [5.41, 5.74) is 7.51. The summed E-state index contributed by atoms with van der Waals surface area (Å²) < 4.78 is 1.79. The monoisotopic (exact) mass is 231 g/mol. The maximum atomic E-state index is 5.78. The maximum absolute atomic E-state index is 5.78. The Morgan fingerprint density at radius 2 is 2.12 bits per heavy atom. The molecular formula is C12H17N5. The van der Waals surface area contributed by atoms with E-state index in [2.05, 4.69) is 28.8 Å². The van der Waals surface area contributed by atoms with Crippen molar-refractivity contribution >= 4 is 0 Å². The predicted molar refractivity (Wildman–Crippen MR) is 66.0 cm³/mol. The van der Waals surface area contributed by atoms with Crippen LogP contribution in [0.25, 0.3) is 5.95 Å². The smallest absolute Gasteiger partial charge is 0.235 e. The van der Waals surface area contributed by atoms with E-state index in [9.17, 15) is 0 Å². The summed E-state index contributed by atoms with van der Waals surface area (Å²) in [6, 6.07) is 1.98. The molecule has 0 aliphatic carbocycles. The molecule has 0 aliphatic heterocycles. The van der Waals surface area contributed by atoms with E-state index in [1.54, 1.807) is 17.1 Å². The fourth-order valence-corrected chi connectivity index (χ4v) is 1.50. The molecule has 2 aromatic rings. The summed E-state index contributed by atoms with van der Waals surface area (Å²) >= 11 is 0. The summed E-state index contributed by atoms with van der Waals surface area (Å²) in [7, 11) is 0. The molecular weight excluding hydrogens is 214 g/mol. The maximum Gasteiger partial charge on any atom is 0.235 e. The number of rotatable bonds is 3. The third kappa shape index (κ3) is 2.34. The van der Waals surface area contributed by atoms with Gasteiger partial charge in [0.25, 0.3) is 0 Å². The van der Waals surface area contributed by atoms with E-state index in [-0.39, 0.29) is 5.41 Å². The van der Waals surface area contributed by atoms with Crippen LogP contribution in [-0.2, 0) is 5.41 Å². The standard InChI is InChI=1S/C12H17N5/c1-9-6-10(12(2,3)7-13)16-11(15-9)17-5-4-14-8-17/h4-6,8H,7,13H2,1-3H3. The van der Waals surface area contributed by atoms with Crippen molar-refractivity contribution in [2.24, 2.45) is 5.73 Å². The molecule has 2 rings (SSSR count). The molecule has 2 heterocycles. The lowest BCUT2D eigenvalue weighted by Gasteiger charge is -2.22. The zero-order chi connectivity index (χ0) is 12.5. The summed E-state index contributed by atoms with van der Waals surface area (Å²) in [5, 5.41) is 0. The average Bonchev–Trinajstić information content (AvgIpc) is 2.81. The Balaban J connectivity index is 2.50. The van der Waals surface area contributed by atoms with E-state index in [4.69, 9.17) is 5.73 Å². The van der Waals surface area contributed by atoms with Gasteiger partial charge < -0.3 is 5.73 Å². The molecule has 0 spiro atoms. The third-order valence-electron chi connectivity index (χ3n) is 2.78. The minimum Gasteiger partial charge on any atom is -0.330 e. The van der Waals surface area contributed by atoms with Crippen molar-refractivity contribution in [1.29, 1.82) is 0 Å². The van der Waals surface area contributed by atoms with E-state index >= 15 is 0 Å². The van der Waals surface area contributed by atoms with E-state index in [0.717, 1.165) is 11.4 Å². The molecule has 17 heavy (non-hydrogen) atoms. The minimum absolute atomic E-state index is 0.150. The van der Waals surface area contributed by atoms with Gasteiger partial charge in [-0.25, -0.2) is 15.0 Å². The molecule has 0 bridgehead atoms. The lowest BCUT2D eigenvalue weighted by Crippen LogP contribution is -2.30. The number of aromatic nitrogens is 4. The molecule has 5 nitrogen and oxygen atoms in total. The zero-order valence-electron chi connectivity index (χ0n) is 10.4. The second-order valence-electron chi connectivity index (χ2n) is 4.75. The molecule has 90 valence electrons. The van der Waals surface area contributed by atoms with Gasteiger partial charge in [0.2, 0.25) is 5.95 Å². The van der Waals surface area contributed by atoms with Gasteiger partial charge >= 0.3 is 0 Å². The van der Waals surface area contributed by atoms with Gasteiger partial charge in [-0.1, -0.05) is 13.8 Å². The SMILES string of the molecule is Cc1cc(C(C)(C)CN)nc(-n2ccnc2)n1. The van der Waals surface area contributed by atoms with Crippen LogP contribution in [-0.4, -0.2) is 26.1 Å². The van der Waals surface area contributed by atoms with Crippen LogP contribution < -0.4 is 5.73 Å². The number of nitrogens with two attached hydrogens (primary N) is 1. The van der Waals surface area contributed by atoms with Gasteiger partial charge in [0.05, 0.1) is 5.69 Å². The highest BCUT2D eigenvalue weighted by Crippen LogP contribution is 2.20. The Kier molecular flexibility index (Phi) is 2.93. The van der Waals surface area contributed by atoms with Crippen molar-refractivity contribution in [3.8, 4) is 5.95 Å². The fourth-order valence-electron chi connectivity index (χ4n) is 1.50. The zero-order valence-corrected chi connectivity index (χ0v) is 10.4. The van der Waals surface area contributed by atoms with Crippen LogP contribution in [0.2, 0.25) is 0 Å². The summed E-state index contributed by atoms with van der Waals surface area (Å²) in [4.78, 5) is 12.9. The second-order valence-corrected chi connectivity index (χ2v) is 4.75. The molecule has 0 aliphatic rings. The van der Waals surface area contributed by atoms with E-state index < -0.39 is 0 Å². The number of aryl methyl sites for hydroxylation is 1. The lowest BCUT2D eigenvalue weighted by molar-refractivity contribution is 0.518. The lowest BCUT2D eigenvalue weighted by atomic mass is 9.89. The van der Waals surface area contributed by atoms with Crippen LogP contribution in [0.3, 0.4) is 0 Å². The molecule has 0 saturated carbocycles. The van der Waals surface area contributed by atoms with Crippen molar-refractivity contribution in [3.05, 3.63) is 36.2 Å². The molecule has 2 N–H and O–H groups in total. The van der Waals surface area contributed by atoms with Crippen LogP contribution in [0.1, 0.15) is 25.2 Å². The normalized spacial score (nSPS) is 11.8. The Labute approximate surface area is 101 Å². The second kappa shape index (κ2) is 4.25. The Bertz CT molecular complexity index is 502. The molecule has 0 radical (unpaired) electrons. The van der Waals surface area contributed by atoms with Gasteiger partial charge in [-0.3, -0.25) is 4.57 Å². The van der Waals surface area contributed by atoms with Crippen LogP contribution in [0.4, 0.5) is 0 Å². The topological polar surface area (TPSA) is 69.6 Å². The molecule has 0 amide bonds. The highest BCUT2D eigenvalue weighted by atomic mass is 15.2. The number of hydrogen-bond donors (Lipinski definition) is 1. The first-order valence-corrected chi connectivity index (χ1v) is 5.57. The fraction of sp³-hybridized carbons (Fsp3) is 0.417. The van der Waals surface area contributed by atoms with E-state index in [1.165, 1.54) is 0 Å². The van der Waals surface area contributed by atoms with Crippen LogP contribution in [0.15, 0.2) is 24.8 Å². The third-order valence-corrected chi connectivity index (χ3v) is 2.78. The van der Waals surface area contributed by atoms with Crippen molar-refractivity contribution in [2.45, 2.75) is 26.2 Å². The number of nitrogens with zero attached hydrogens (tertiary/aromatic N) is 4. The largest absolute Gasteiger partial charge is 0.330 e. The molecule has 0 fully saturated rings. The van der Waals surface area contributed by atoms with Crippen molar-refractivity contribution in [1.82, 2.24) is 19.5 Å². The average molecular weight is 231 g/mol. The van der Waals surface area contributed by atoms with Gasteiger partial charge in [0, 0.05) is 30.0 Å². The molecule has 0 atom stereocenters. The Hall–Kier alpha value is -1.75. The molecule has 2 aromatic heterocycles.